The van der Waals surface area contributed by atoms with E-state index < -0.39 is 0 Å². The van der Waals surface area contributed by atoms with Crippen LogP contribution in [0.4, 0.5) is 0 Å². The fourth-order valence-electron chi connectivity index (χ4n) is 2.03. The smallest absolute Gasteiger partial charge is 0.167 e. The molecule has 1 aromatic carbocycles. The van der Waals surface area contributed by atoms with Gasteiger partial charge in [0.2, 0.25) is 0 Å². The van der Waals surface area contributed by atoms with Gasteiger partial charge in [-0.2, -0.15) is 0 Å². The van der Waals surface area contributed by atoms with Crippen molar-refractivity contribution in [2.75, 3.05) is 0 Å². The molecule has 1 aliphatic rings. The number of carbonyl (C=O) groups is 1. The maximum atomic E-state index is 12.0. The molecule has 1 aliphatic carbocycles. The number of alkyl halides is 1. The molecule has 1 saturated carbocycles. The van der Waals surface area contributed by atoms with E-state index in [-0.39, 0.29) is 17.1 Å². The summed E-state index contributed by atoms with van der Waals surface area (Å²) in [7, 11) is 0. The molecule has 0 N–H and O–H groups in total. The summed E-state index contributed by atoms with van der Waals surface area (Å²) in [5.41, 5.74) is 0.796. The van der Waals surface area contributed by atoms with E-state index in [0.29, 0.717) is 0 Å². The van der Waals surface area contributed by atoms with Crippen LogP contribution in [-0.4, -0.2) is 11.2 Å². The van der Waals surface area contributed by atoms with E-state index in [1.54, 1.807) is 0 Å². The van der Waals surface area contributed by atoms with Gasteiger partial charge in [0.1, 0.15) is 0 Å². The Balaban J connectivity index is 2.16. The first-order valence-corrected chi connectivity index (χ1v) is 5.46. The van der Waals surface area contributed by atoms with Crippen LogP contribution in [-0.2, 0) is 0 Å². The lowest BCUT2D eigenvalue weighted by molar-refractivity contribution is 0.0925. The van der Waals surface area contributed by atoms with Gasteiger partial charge in [-0.05, 0) is 12.8 Å². The molecule has 0 aromatic heterocycles. The molecule has 14 heavy (non-hydrogen) atoms. The molecule has 0 radical (unpaired) electrons. The largest absolute Gasteiger partial charge is 0.294 e. The molecule has 2 unspecified atom stereocenters. The van der Waals surface area contributed by atoms with Crippen LogP contribution >= 0.6 is 11.6 Å². The Morgan fingerprint density at radius 3 is 2.50 bits per heavy atom. The SMILES string of the molecule is O=C(c1ccccc1)C1CCCC1Cl. The predicted octanol–water partition coefficient (Wildman–Crippen LogP) is 3.28. The molecule has 0 aliphatic heterocycles. The fourth-order valence-corrected chi connectivity index (χ4v) is 2.42. The van der Waals surface area contributed by atoms with Gasteiger partial charge in [-0.25, -0.2) is 0 Å². The molecule has 74 valence electrons. The minimum absolute atomic E-state index is 0.0408. The van der Waals surface area contributed by atoms with Crippen molar-refractivity contribution in [3.05, 3.63) is 35.9 Å². The predicted molar refractivity (Wildman–Crippen MR) is 57.8 cm³/mol. The number of carbonyl (C=O) groups excluding carboxylic acids is 1. The second kappa shape index (κ2) is 4.14. The third kappa shape index (κ3) is 1.83. The number of hydrogen-bond donors (Lipinski definition) is 0. The van der Waals surface area contributed by atoms with Crippen molar-refractivity contribution < 1.29 is 4.79 Å². The highest BCUT2D eigenvalue weighted by molar-refractivity contribution is 6.23. The van der Waals surface area contributed by atoms with E-state index in [2.05, 4.69) is 0 Å². The Hall–Kier alpha value is -0.820. The number of hydrogen-bond acceptors (Lipinski definition) is 1. The fraction of sp³-hybridized carbons (Fsp3) is 0.417. The summed E-state index contributed by atoms with van der Waals surface area (Å²) in [6.45, 7) is 0. The van der Waals surface area contributed by atoms with Crippen LogP contribution in [0.1, 0.15) is 29.6 Å². The highest BCUT2D eigenvalue weighted by atomic mass is 35.5. The Bertz CT molecular complexity index is 320. The van der Waals surface area contributed by atoms with Crippen molar-refractivity contribution in [3.8, 4) is 0 Å². The lowest BCUT2D eigenvalue weighted by Crippen LogP contribution is -2.19. The van der Waals surface area contributed by atoms with E-state index in [0.717, 1.165) is 24.8 Å². The second-order valence-electron chi connectivity index (χ2n) is 3.78. The van der Waals surface area contributed by atoms with Gasteiger partial charge in [-0.3, -0.25) is 4.79 Å². The van der Waals surface area contributed by atoms with Crippen LogP contribution < -0.4 is 0 Å². The maximum absolute atomic E-state index is 12.0. The van der Waals surface area contributed by atoms with Crippen molar-refractivity contribution >= 4 is 17.4 Å². The summed E-state index contributed by atoms with van der Waals surface area (Å²) in [6.07, 6.45) is 3.00. The molecule has 0 amide bonds. The first kappa shape index (κ1) is 9.72. The van der Waals surface area contributed by atoms with Crippen LogP contribution in [0.2, 0.25) is 0 Å². The molecule has 2 rings (SSSR count). The summed E-state index contributed by atoms with van der Waals surface area (Å²) in [5.74, 6) is 0.252. The van der Waals surface area contributed by atoms with Crippen molar-refractivity contribution in [3.63, 3.8) is 0 Å². The van der Waals surface area contributed by atoms with Gasteiger partial charge in [0.25, 0.3) is 0 Å². The van der Waals surface area contributed by atoms with Gasteiger partial charge >= 0.3 is 0 Å². The average Bonchev–Trinajstić information content (AvgIpc) is 2.65. The Morgan fingerprint density at radius 1 is 1.21 bits per heavy atom. The Kier molecular flexibility index (Phi) is 2.87. The average molecular weight is 209 g/mol. The van der Waals surface area contributed by atoms with Crippen molar-refractivity contribution in [2.24, 2.45) is 5.92 Å². The molecular formula is C12H13ClO. The van der Waals surface area contributed by atoms with Gasteiger partial charge in [-0.1, -0.05) is 36.8 Å². The van der Waals surface area contributed by atoms with Crippen LogP contribution in [0.3, 0.4) is 0 Å². The van der Waals surface area contributed by atoms with Gasteiger partial charge in [0, 0.05) is 16.9 Å². The van der Waals surface area contributed by atoms with Gasteiger partial charge < -0.3 is 0 Å². The Morgan fingerprint density at radius 2 is 1.93 bits per heavy atom. The monoisotopic (exact) mass is 208 g/mol. The van der Waals surface area contributed by atoms with Gasteiger partial charge in [0.05, 0.1) is 0 Å². The summed E-state index contributed by atoms with van der Waals surface area (Å²) >= 11 is 6.10. The van der Waals surface area contributed by atoms with E-state index in [1.165, 1.54) is 0 Å². The second-order valence-corrected chi connectivity index (χ2v) is 4.34. The number of Topliss-reactive ketones (excluding diaryl/α,β-unsaturated/α-hetero) is 1. The molecule has 1 aromatic rings. The lowest BCUT2D eigenvalue weighted by Gasteiger charge is -2.11. The zero-order chi connectivity index (χ0) is 9.97. The van der Waals surface area contributed by atoms with Crippen molar-refractivity contribution in [1.29, 1.82) is 0 Å². The summed E-state index contributed by atoms with van der Waals surface area (Å²) in [4.78, 5) is 12.0. The van der Waals surface area contributed by atoms with Crippen LogP contribution in [0.5, 0.6) is 0 Å². The van der Waals surface area contributed by atoms with E-state index in [4.69, 9.17) is 11.6 Å². The molecule has 0 heterocycles. The highest BCUT2D eigenvalue weighted by Gasteiger charge is 2.31. The zero-order valence-electron chi connectivity index (χ0n) is 7.95. The summed E-state index contributed by atoms with van der Waals surface area (Å²) < 4.78 is 0. The van der Waals surface area contributed by atoms with Crippen molar-refractivity contribution in [2.45, 2.75) is 24.6 Å². The molecule has 2 heteroatoms. The molecule has 2 atom stereocenters. The summed E-state index contributed by atoms with van der Waals surface area (Å²) in [5, 5.41) is 0.0442. The number of halogens is 1. The first-order valence-electron chi connectivity index (χ1n) is 5.02. The molecule has 0 bridgehead atoms. The van der Waals surface area contributed by atoms with Crippen LogP contribution in [0.15, 0.2) is 30.3 Å². The van der Waals surface area contributed by atoms with Crippen molar-refractivity contribution in [1.82, 2.24) is 0 Å². The number of benzene rings is 1. The van der Waals surface area contributed by atoms with Crippen LogP contribution in [0.25, 0.3) is 0 Å². The standard InChI is InChI=1S/C12H13ClO/c13-11-8-4-7-10(11)12(14)9-5-2-1-3-6-9/h1-3,5-6,10-11H,4,7-8H2. The molecule has 1 nitrogen and oxygen atoms in total. The highest BCUT2D eigenvalue weighted by Crippen LogP contribution is 2.32. The van der Waals surface area contributed by atoms with Gasteiger partial charge in [-0.15, -0.1) is 11.6 Å². The van der Waals surface area contributed by atoms with Crippen LogP contribution in [0, 0.1) is 5.92 Å². The minimum atomic E-state index is 0.0408. The molecule has 0 spiro atoms. The van der Waals surface area contributed by atoms with E-state index >= 15 is 0 Å². The van der Waals surface area contributed by atoms with E-state index in [9.17, 15) is 4.79 Å². The molecule has 0 saturated heterocycles. The minimum Gasteiger partial charge on any atom is -0.294 e. The normalized spacial score (nSPS) is 26.4. The quantitative estimate of drug-likeness (QED) is 0.539. The summed E-state index contributed by atoms with van der Waals surface area (Å²) in [6, 6.07) is 9.44. The number of ketones is 1. The van der Waals surface area contributed by atoms with Gasteiger partial charge in [0.15, 0.2) is 5.78 Å². The number of rotatable bonds is 2. The third-order valence-corrected chi connectivity index (χ3v) is 3.35. The first-order chi connectivity index (χ1) is 6.79. The van der Waals surface area contributed by atoms with E-state index in [1.807, 2.05) is 30.3 Å². The third-order valence-electron chi connectivity index (χ3n) is 2.83. The topological polar surface area (TPSA) is 17.1 Å². The lowest BCUT2D eigenvalue weighted by atomic mass is 9.96. The molecule has 1 fully saturated rings. The maximum Gasteiger partial charge on any atom is 0.167 e. The zero-order valence-corrected chi connectivity index (χ0v) is 8.70. The molecular weight excluding hydrogens is 196 g/mol. The Labute approximate surface area is 89.1 Å².